The van der Waals surface area contributed by atoms with Crippen molar-refractivity contribution in [3.8, 4) is 0 Å². The molecule has 0 aliphatic carbocycles. The molecular formula is C6H12N4O. The van der Waals surface area contributed by atoms with E-state index in [9.17, 15) is 0 Å². The van der Waals surface area contributed by atoms with Crippen molar-refractivity contribution in [3.63, 3.8) is 0 Å². The largest absolute Gasteiger partial charge is 0.378 e. The summed E-state index contributed by atoms with van der Waals surface area (Å²) in [7, 11) is 0. The minimum Gasteiger partial charge on any atom is -0.378 e. The van der Waals surface area contributed by atoms with Gasteiger partial charge in [-0.05, 0) is 12.5 Å². The number of nitrogens with one attached hydrogen (secondary N) is 1. The summed E-state index contributed by atoms with van der Waals surface area (Å²) in [5.41, 5.74) is 8.05. The molecule has 5 heteroatoms. The van der Waals surface area contributed by atoms with Crippen LogP contribution in [-0.4, -0.2) is 31.8 Å². The number of rotatable bonds is 2. The molecule has 11 heavy (non-hydrogen) atoms. The van der Waals surface area contributed by atoms with Crippen LogP contribution in [0.1, 0.15) is 6.92 Å². The maximum absolute atomic E-state index is 8.05. The van der Waals surface area contributed by atoms with Gasteiger partial charge in [-0.25, -0.2) is 0 Å². The van der Waals surface area contributed by atoms with Gasteiger partial charge in [0.15, 0.2) is 0 Å². The summed E-state index contributed by atoms with van der Waals surface area (Å²) in [6.07, 6.45) is 0. The molecule has 0 saturated carbocycles. The predicted molar refractivity (Wildman–Crippen MR) is 41.2 cm³/mol. The molecule has 0 aromatic heterocycles. The first-order chi connectivity index (χ1) is 5.33. The van der Waals surface area contributed by atoms with Crippen LogP contribution in [-0.2, 0) is 4.74 Å². The molecule has 0 aromatic rings. The predicted octanol–water partition coefficient (Wildman–Crippen LogP) is 0.674. The molecule has 1 saturated heterocycles. The first kappa shape index (κ1) is 8.33. The van der Waals surface area contributed by atoms with E-state index < -0.39 is 0 Å². The van der Waals surface area contributed by atoms with Crippen molar-refractivity contribution in [1.29, 1.82) is 0 Å². The van der Waals surface area contributed by atoms with Crippen LogP contribution >= 0.6 is 0 Å². The van der Waals surface area contributed by atoms with Gasteiger partial charge in [0.2, 0.25) is 0 Å². The van der Waals surface area contributed by atoms with E-state index >= 15 is 0 Å². The fraction of sp³-hybridized carbons (Fsp3) is 1.00. The molecule has 1 N–H and O–H groups in total. The Balaban J connectivity index is 2.27. The van der Waals surface area contributed by atoms with Crippen LogP contribution in [0, 0.1) is 0 Å². The second-order valence-electron chi connectivity index (χ2n) is 2.72. The fourth-order valence-corrected chi connectivity index (χ4v) is 1.13. The zero-order valence-corrected chi connectivity index (χ0v) is 6.53. The summed E-state index contributed by atoms with van der Waals surface area (Å²) in [6.45, 7) is 3.90. The first-order valence-corrected chi connectivity index (χ1v) is 3.67. The summed E-state index contributed by atoms with van der Waals surface area (Å²) in [5.74, 6) is 0. The van der Waals surface area contributed by atoms with Crippen molar-refractivity contribution in [3.05, 3.63) is 10.4 Å². The van der Waals surface area contributed by atoms with Gasteiger partial charge in [0, 0.05) is 23.5 Å². The van der Waals surface area contributed by atoms with Gasteiger partial charge in [-0.15, -0.1) is 0 Å². The topological polar surface area (TPSA) is 70.0 Å². The molecule has 1 rings (SSSR count). The Morgan fingerprint density at radius 3 is 3.18 bits per heavy atom. The first-order valence-electron chi connectivity index (χ1n) is 3.67. The van der Waals surface area contributed by atoms with Crippen molar-refractivity contribution < 1.29 is 4.74 Å². The fourth-order valence-electron chi connectivity index (χ4n) is 1.13. The van der Waals surface area contributed by atoms with Gasteiger partial charge in [0.25, 0.3) is 0 Å². The minimum atomic E-state index is 0.189. The van der Waals surface area contributed by atoms with Crippen LogP contribution in [0.3, 0.4) is 0 Å². The van der Waals surface area contributed by atoms with Crippen LogP contribution in [0.4, 0.5) is 0 Å². The summed E-state index contributed by atoms with van der Waals surface area (Å²) in [6, 6.07) is 0.553. The van der Waals surface area contributed by atoms with E-state index in [-0.39, 0.29) is 6.04 Å². The summed E-state index contributed by atoms with van der Waals surface area (Å²) < 4.78 is 5.25. The molecule has 1 heterocycles. The van der Waals surface area contributed by atoms with Gasteiger partial charge in [-0.1, -0.05) is 5.11 Å². The number of morpholine rings is 1. The molecule has 2 atom stereocenters. The lowest BCUT2D eigenvalue weighted by molar-refractivity contribution is 0.0532. The summed E-state index contributed by atoms with van der Waals surface area (Å²) >= 11 is 0. The maximum Gasteiger partial charge on any atom is 0.0621 e. The van der Waals surface area contributed by atoms with E-state index in [0.717, 1.165) is 6.61 Å². The molecule has 1 aliphatic heterocycles. The van der Waals surface area contributed by atoms with Gasteiger partial charge < -0.3 is 10.1 Å². The molecule has 0 spiro atoms. The van der Waals surface area contributed by atoms with Crippen LogP contribution in [0.15, 0.2) is 5.11 Å². The average molecular weight is 156 g/mol. The number of ether oxygens (including phenoxy) is 1. The number of azide groups is 1. The monoisotopic (exact) mass is 156 g/mol. The van der Waals surface area contributed by atoms with Crippen molar-refractivity contribution in [2.24, 2.45) is 5.11 Å². The van der Waals surface area contributed by atoms with Crippen molar-refractivity contribution in [2.75, 3.05) is 19.8 Å². The van der Waals surface area contributed by atoms with Gasteiger partial charge in [-0.3, -0.25) is 0 Å². The molecule has 0 amide bonds. The quantitative estimate of drug-likeness (QED) is 0.362. The molecule has 1 fully saturated rings. The number of nitrogens with zero attached hydrogens (tertiary/aromatic N) is 3. The second-order valence-corrected chi connectivity index (χ2v) is 2.72. The van der Waals surface area contributed by atoms with E-state index in [1.165, 1.54) is 0 Å². The van der Waals surface area contributed by atoms with Crippen molar-refractivity contribution in [2.45, 2.75) is 19.0 Å². The van der Waals surface area contributed by atoms with Crippen LogP contribution in [0.2, 0.25) is 0 Å². The third kappa shape index (κ3) is 2.76. The SMILES string of the molecule is CC1COCC(CN=[N+]=[N-])N1. The standard InChI is InChI=1S/C6H12N4O/c1-5-3-11-4-6(9-5)2-8-10-7/h5-6,9H,2-4H2,1H3. The Morgan fingerprint density at radius 1 is 1.73 bits per heavy atom. The van der Waals surface area contributed by atoms with Gasteiger partial charge in [-0.2, -0.15) is 0 Å². The molecule has 2 unspecified atom stereocenters. The number of hydrogen-bond donors (Lipinski definition) is 1. The highest BCUT2D eigenvalue weighted by atomic mass is 16.5. The van der Waals surface area contributed by atoms with E-state index in [1.54, 1.807) is 0 Å². The Hall–Kier alpha value is -0.770. The lowest BCUT2D eigenvalue weighted by atomic mass is 10.2. The highest BCUT2D eigenvalue weighted by Gasteiger charge is 2.16. The van der Waals surface area contributed by atoms with E-state index in [0.29, 0.717) is 19.2 Å². The molecule has 0 bridgehead atoms. The molecule has 62 valence electrons. The van der Waals surface area contributed by atoms with E-state index in [1.807, 2.05) is 6.92 Å². The maximum atomic E-state index is 8.05. The third-order valence-electron chi connectivity index (χ3n) is 1.57. The molecule has 5 nitrogen and oxygen atoms in total. The number of hydrogen-bond acceptors (Lipinski definition) is 3. The smallest absolute Gasteiger partial charge is 0.0621 e. The summed E-state index contributed by atoms with van der Waals surface area (Å²) in [4.78, 5) is 2.68. The average Bonchev–Trinajstić information content (AvgIpc) is 2.01. The highest BCUT2D eigenvalue weighted by molar-refractivity contribution is 4.77. The van der Waals surface area contributed by atoms with Gasteiger partial charge >= 0.3 is 0 Å². The lowest BCUT2D eigenvalue weighted by Gasteiger charge is -2.27. The third-order valence-corrected chi connectivity index (χ3v) is 1.57. The second kappa shape index (κ2) is 4.18. The highest BCUT2D eigenvalue weighted by Crippen LogP contribution is 1.99. The molecular weight excluding hydrogens is 144 g/mol. The Kier molecular flexibility index (Phi) is 3.16. The molecule has 0 aromatic carbocycles. The normalized spacial score (nSPS) is 31.0. The Bertz CT molecular complexity index is 166. The zero-order valence-electron chi connectivity index (χ0n) is 6.53. The van der Waals surface area contributed by atoms with Crippen LogP contribution in [0.25, 0.3) is 10.4 Å². The zero-order chi connectivity index (χ0) is 8.10. The minimum absolute atomic E-state index is 0.189. The van der Waals surface area contributed by atoms with Crippen molar-refractivity contribution >= 4 is 0 Å². The van der Waals surface area contributed by atoms with Crippen LogP contribution < -0.4 is 5.32 Å². The van der Waals surface area contributed by atoms with Crippen molar-refractivity contribution in [1.82, 2.24) is 5.32 Å². The van der Waals surface area contributed by atoms with Gasteiger partial charge in [0.05, 0.1) is 13.2 Å². The summed E-state index contributed by atoms with van der Waals surface area (Å²) in [5, 5.41) is 6.73. The Morgan fingerprint density at radius 2 is 2.55 bits per heavy atom. The Labute approximate surface area is 65.4 Å². The van der Waals surface area contributed by atoms with Crippen LogP contribution in [0.5, 0.6) is 0 Å². The molecule has 0 radical (unpaired) electrons. The van der Waals surface area contributed by atoms with Gasteiger partial charge in [0.1, 0.15) is 0 Å². The van der Waals surface area contributed by atoms with E-state index in [2.05, 4.69) is 15.3 Å². The lowest BCUT2D eigenvalue weighted by Crippen LogP contribution is -2.48. The molecule has 1 aliphatic rings. The van der Waals surface area contributed by atoms with E-state index in [4.69, 9.17) is 10.3 Å².